The van der Waals surface area contributed by atoms with E-state index < -0.39 is 5.91 Å². The third kappa shape index (κ3) is 4.45. The van der Waals surface area contributed by atoms with E-state index in [9.17, 15) is 9.59 Å². The number of anilines is 1. The van der Waals surface area contributed by atoms with Crippen LogP contribution in [0.3, 0.4) is 0 Å². The third-order valence-electron chi connectivity index (χ3n) is 5.48. The summed E-state index contributed by atoms with van der Waals surface area (Å²) in [7, 11) is 0. The molecule has 7 heteroatoms. The van der Waals surface area contributed by atoms with Gasteiger partial charge in [-0.25, -0.2) is 0 Å². The predicted octanol–water partition coefficient (Wildman–Crippen LogP) is 2.94. The van der Waals surface area contributed by atoms with Crippen LogP contribution in [0.25, 0.3) is 16.8 Å². The molecule has 1 saturated heterocycles. The van der Waals surface area contributed by atoms with E-state index in [1.54, 1.807) is 6.07 Å². The number of likely N-dealkylation sites (tertiary alicyclic amines) is 1. The lowest BCUT2D eigenvalue weighted by Gasteiger charge is -2.31. The maximum atomic E-state index is 12.7. The molecule has 1 heterocycles. The number of hydrogen-bond acceptors (Lipinski definition) is 5. The number of nitrogens with zero attached hydrogens (tertiary/aromatic N) is 2. The van der Waals surface area contributed by atoms with E-state index >= 15 is 0 Å². The van der Waals surface area contributed by atoms with E-state index in [0.29, 0.717) is 23.4 Å². The Bertz CT molecular complexity index is 1050. The van der Waals surface area contributed by atoms with E-state index in [-0.39, 0.29) is 17.3 Å². The maximum Gasteiger partial charge on any atom is 0.272 e. The highest BCUT2D eigenvalue weighted by molar-refractivity contribution is 6.03. The van der Waals surface area contributed by atoms with E-state index in [0.717, 1.165) is 42.6 Å². The number of aliphatic imine (C=N–C) groups is 1. The Morgan fingerprint density at radius 3 is 2.55 bits per heavy atom. The van der Waals surface area contributed by atoms with E-state index in [1.807, 2.05) is 49.1 Å². The summed E-state index contributed by atoms with van der Waals surface area (Å²) in [5.41, 5.74) is 17.1. The first-order valence-electron chi connectivity index (χ1n) is 10.4. The molecule has 5 N–H and O–H groups in total. The molecule has 0 aromatic heterocycles. The highest BCUT2D eigenvalue weighted by Gasteiger charge is 2.23. The van der Waals surface area contributed by atoms with Gasteiger partial charge in [0.1, 0.15) is 0 Å². The van der Waals surface area contributed by atoms with E-state index in [4.69, 9.17) is 11.5 Å². The molecule has 7 nitrogen and oxygen atoms in total. The van der Waals surface area contributed by atoms with Gasteiger partial charge in [0.05, 0.1) is 5.70 Å². The van der Waals surface area contributed by atoms with Gasteiger partial charge in [0.25, 0.3) is 11.8 Å². The Hall–Kier alpha value is -3.61. The minimum atomic E-state index is -0.391. The first-order valence-corrected chi connectivity index (χ1v) is 10.4. The number of nitrogens with two attached hydrogens (primary N) is 2. The van der Waals surface area contributed by atoms with Crippen LogP contribution in [-0.2, 0) is 4.79 Å². The molecule has 1 aliphatic heterocycles. The Balaban J connectivity index is 2.04. The fraction of sp³-hybridized carbons (Fsp3) is 0.292. The second-order valence-electron chi connectivity index (χ2n) is 7.62. The Labute approximate surface area is 182 Å². The zero-order chi connectivity index (χ0) is 22.5. The van der Waals surface area contributed by atoms with Crippen molar-refractivity contribution < 1.29 is 9.59 Å². The van der Waals surface area contributed by atoms with Crippen LogP contribution in [0.2, 0.25) is 0 Å². The Kier molecular flexibility index (Phi) is 6.74. The lowest BCUT2D eigenvalue weighted by molar-refractivity contribution is -0.117. The summed E-state index contributed by atoms with van der Waals surface area (Å²) < 4.78 is 0. The number of para-hydroxylation sites is 1. The molecule has 3 rings (SSSR count). The monoisotopic (exact) mass is 419 g/mol. The smallest absolute Gasteiger partial charge is 0.272 e. The average Bonchev–Trinajstić information content (AvgIpc) is 2.72. The van der Waals surface area contributed by atoms with Crippen molar-refractivity contribution in [3.63, 3.8) is 0 Å². The van der Waals surface area contributed by atoms with E-state index in [1.165, 1.54) is 0 Å². The van der Waals surface area contributed by atoms with Crippen molar-refractivity contribution in [1.29, 1.82) is 0 Å². The minimum Gasteiger partial charge on any atom is -0.398 e. The lowest BCUT2D eigenvalue weighted by atomic mass is 9.93. The van der Waals surface area contributed by atoms with Crippen molar-refractivity contribution >= 4 is 29.9 Å². The summed E-state index contributed by atoms with van der Waals surface area (Å²) >= 11 is 0. The van der Waals surface area contributed by atoms with Crippen LogP contribution < -0.4 is 16.8 Å². The standard InChI is InChI=1S/C24H29N5O2/c1-4-11-28-23(30)22(27-3)21(26)18-8-5-7-17(20(18)25)19-14-16(10-9-15(19)2)24(31)29-12-6-13-29/h5,7-10,14H,3-4,6,11-13,25-26H2,1-2H3,(H,28,30)/b22-21+. The van der Waals surface area contributed by atoms with Gasteiger partial charge in [-0.2, -0.15) is 0 Å². The molecule has 0 bridgehead atoms. The summed E-state index contributed by atoms with van der Waals surface area (Å²) in [6.07, 6.45) is 1.83. The number of nitrogens with one attached hydrogen (secondary N) is 1. The molecule has 2 aromatic carbocycles. The summed E-state index contributed by atoms with van der Waals surface area (Å²) in [6.45, 7) is 9.51. The normalized spacial score (nSPS) is 13.8. The largest absolute Gasteiger partial charge is 0.398 e. The van der Waals surface area contributed by atoms with Crippen LogP contribution in [-0.4, -0.2) is 43.1 Å². The number of nitrogen functional groups attached to an aromatic ring is 1. The number of carbonyl (C=O) groups is 2. The number of rotatable bonds is 7. The van der Waals surface area contributed by atoms with Crippen molar-refractivity contribution in [2.24, 2.45) is 10.7 Å². The second kappa shape index (κ2) is 9.47. The molecule has 31 heavy (non-hydrogen) atoms. The van der Waals surface area contributed by atoms with Crippen molar-refractivity contribution in [3.05, 3.63) is 58.8 Å². The number of carbonyl (C=O) groups excluding carboxylic acids is 2. The average molecular weight is 420 g/mol. The van der Waals surface area contributed by atoms with Crippen LogP contribution in [0.15, 0.2) is 47.1 Å². The molecule has 1 fully saturated rings. The highest BCUT2D eigenvalue weighted by Crippen LogP contribution is 2.34. The number of aryl methyl sites for hydroxylation is 1. The maximum absolute atomic E-state index is 12.7. The molecule has 162 valence electrons. The third-order valence-corrected chi connectivity index (χ3v) is 5.48. The lowest BCUT2D eigenvalue weighted by Crippen LogP contribution is -2.42. The van der Waals surface area contributed by atoms with Gasteiger partial charge in [-0.1, -0.05) is 31.2 Å². The second-order valence-corrected chi connectivity index (χ2v) is 7.62. The predicted molar refractivity (Wildman–Crippen MR) is 126 cm³/mol. The number of hydrogen-bond donors (Lipinski definition) is 3. The molecule has 0 atom stereocenters. The minimum absolute atomic E-state index is 0.0207. The van der Waals surface area contributed by atoms with Gasteiger partial charge >= 0.3 is 0 Å². The Morgan fingerprint density at radius 1 is 1.19 bits per heavy atom. The van der Waals surface area contributed by atoms with Crippen molar-refractivity contribution in [1.82, 2.24) is 10.2 Å². The molecule has 2 aromatic rings. The van der Waals surface area contributed by atoms with Crippen LogP contribution in [0.1, 0.15) is 41.3 Å². The zero-order valence-corrected chi connectivity index (χ0v) is 18.1. The fourth-order valence-corrected chi connectivity index (χ4v) is 3.51. The van der Waals surface area contributed by atoms with Crippen molar-refractivity contribution in [2.45, 2.75) is 26.7 Å². The zero-order valence-electron chi connectivity index (χ0n) is 18.1. The molecule has 2 amide bonds. The van der Waals surface area contributed by atoms with E-state index in [2.05, 4.69) is 17.0 Å². The summed E-state index contributed by atoms with van der Waals surface area (Å²) in [6, 6.07) is 11.1. The molecular formula is C24H29N5O2. The van der Waals surface area contributed by atoms with Gasteiger partial charge in [-0.3, -0.25) is 14.6 Å². The molecule has 0 spiro atoms. The van der Waals surface area contributed by atoms with Gasteiger partial charge in [0.15, 0.2) is 5.70 Å². The van der Waals surface area contributed by atoms with Crippen LogP contribution >= 0.6 is 0 Å². The number of amides is 2. The van der Waals surface area contributed by atoms with Gasteiger partial charge in [-0.05, 0) is 49.7 Å². The number of benzene rings is 2. The summed E-state index contributed by atoms with van der Waals surface area (Å²) in [4.78, 5) is 30.8. The highest BCUT2D eigenvalue weighted by atomic mass is 16.2. The van der Waals surface area contributed by atoms with Gasteiger partial charge in [-0.15, -0.1) is 0 Å². The first kappa shape index (κ1) is 22.1. The molecular weight excluding hydrogens is 390 g/mol. The van der Waals surface area contributed by atoms with Crippen LogP contribution in [0.5, 0.6) is 0 Å². The van der Waals surface area contributed by atoms with Crippen LogP contribution in [0.4, 0.5) is 5.69 Å². The topological polar surface area (TPSA) is 114 Å². The van der Waals surface area contributed by atoms with Crippen molar-refractivity contribution in [2.75, 3.05) is 25.4 Å². The van der Waals surface area contributed by atoms with Gasteiger partial charge in [0, 0.05) is 42.0 Å². The molecule has 0 unspecified atom stereocenters. The SMILES string of the molecule is C=N/C(C(=O)NCCC)=C(/N)c1cccc(-c2cc(C(=O)N3CCC3)ccc2C)c1N. The molecule has 0 radical (unpaired) electrons. The van der Waals surface area contributed by atoms with Gasteiger partial charge < -0.3 is 21.7 Å². The summed E-state index contributed by atoms with van der Waals surface area (Å²) in [5.74, 6) is -0.371. The van der Waals surface area contributed by atoms with Crippen LogP contribution in [0, 0.1) is 6.92 Å². The van der Waals surface area contributed by atoms with Crippen molar-refractivity contribution in [3.8, 4) is 11.1 Å². The quantitative estimate of drug-likeness (QED) is 0.364. The molecule has 0 saturated carbocycles. The van der Waals surface area contributed by atoms with Gasteiger partial charge in [0.2, 0.25) is 0 Å². The first-order chi connectivity index (χ1) is 14.9. The fourth-order valence-electron chi connectivity index (χ4n) is 3.51. The Morgan fingerprint density at radius 2 is 1.94 bits per heavy atom. The molecule has 0 aliphatic carbocycles. The molecule has 1 aliphatic rings. The summed E-state index contributed by atoms with van der Waals surface area (Å²) in [5, 5.41) is 2.76.